The lowest BCUT2D eigenvalue weighted by Gasteiger charge is -2.18. The first kappa shape index (κ1) is 25.9. The molecule has 0 aromatic heterocycles. The van der Waals surface area contributed by atoms with E-state index in [-0.39, 0.29) is 24.7 Å². The van der Waals surface area contributed by atoms with Crippen LogP contribution in [0.5, 0.6) is 5.75 Å². The summed E-state index contributed by atoms with van der Waals surface area (Å²) in [5.41, 5.74) is 1.38. The van der Waals surface area contributed by atoms with Gasteiger partial charge in [0, 0.05) is 24.2 Å². The maximum Gasteiger partial charge on any atom is 0.338 e. The number of unbranched alkanes of at least 4 members (excludes halogenated alkanes) is 2. The van der Waals surface area contributed by atoms with Gasteiger partial charge in [0.05, 0.1) is 25.2 Å². The Bertz CT molecular complexity index is 1050. The molecule has 2 aromatic rings. The predicted octanol–water partition coefficient (Wildman–Crippen LogP) is 4.21. The van der Waals surface area contributed by atoms with Gasteiger partial charge >= 0.3 is 11.9 Å². The lowest BCUT2D eigenvalue weighted by Crippen LogP contribution is -2.30. The van der Waals surface area contributed by atoms with Crippen LogP contribution in [0.25, 0.3) is 0 Å². The van der Waals surface area contributed by atoms with Crippen LogP contribution in [0.3, 0.4) is 0 Å². The molecule has 1 heterocycles. The highest BCUT2D eigenvalue weighted by Crippen LogP contribution is 2.27. The minimum absolute atomic E-state index is 0.0104. The molecule has 0 N–H and O–H groups in total. The molecule has 1 saturated heterocycles. The fraction of sp³-hybridized carbons (Fsp3) is 0.407. The van der Waals surface area contributed by atoms with E-state index in [9.17, 15) is 19.2 Å². The lowest BCUT2D eigenvalue weighted by molar-refractivity contribution is -0.151. The minimum atomic E-state index is -0.984. The maximum atomic E-state index is 12.7. The van der Waals surface area contributed by atoms with Crippen LogP contribution in [0, 0.1) is 5.92 Å². The highest BCUT2D eigenvalue weighted by molar-refractivity contribution is 6.02. The van der Waals surface area contributed by atoms with Gasteiger partial charge in [0.15, 0.2) is 6.10 Å². The van der Waals surface area contributed by atoms with Crippen molar-refractivity contribution in [2.24, 2.45) is 5.92 Å². The first-order valence-electron chi connectivity index (χ1n) is 11.8. The molecule has 2 atom stereocenters. The number of nitrogens with zero attached hydrogens (tertiary/aromatic N) is 1. The Kier molecular flexibility index (Phi) is 9.00. The second kappa shape index (κ2) is 12.1. The number of ketones is 1. The van der Waals surface area contributed by atoms with Gasteiger partial charge in [0.2, 0.25) is 11.7 Å². The molecule has 0 saturated carbocycles. The van der Waals surface area contributed by atoms with Crippen molar-refractivity contribution < 1.29 is 33.4 Å². The molecule has 1 fully saturated rings. The zero-order valence-corrected chi connectivity index (χ0v) is 20.3. The summed E-state index contributed by atoms with van der Waals surface area (Å²) in [6.07, 6.45) is 1.88. The van der Waals surface area contributed by atoms with E-state index >= 15 is 0 Å². The van der Waals surface area contributed by atoms with Crippen LogP contribution >= 0.6 is 0 Å². The minimum Gasteiger partial charge on any atom is -0.497 e. The number of benzene rings is 2. The topological polar surface area (TPSA) is 99.2 Å². The van der Waals surface area contributed by atoms with Crippen molar-refractivity contribution in [3.63, 3.8) is 0 Å². The third-order valence-corrected chi connectivity index (χ3v) is 5.89. The Balaban J connectivity index is 1.55. The van der Waals surface area contributed by atoms with Crippen LogP contribution in [0.4, 0.5) is 5.69 Å². The Labute approximate surface area is 205 Å². The SMILES string of the molecule is CCCCCOC(=O)c1ccc(N2C[C@H](C(=O)O[C@H](C)C(=O)c3ccc(OC)cc3)CC2=O)cc1. The molecule has 1 amide bonds. The number of carbonyl (C=O) groups excluding carboxylic acids is 4. The molecule has 2 aromatic carbocycles. The summed E-state index contributed by atoms with van der Waals surface area (Å²) < 4.78 is 15.7. The van der Waals surface area contributed by atoms with Crippen LogP contribution in [0.2, 0.25) is 0 Å². The van der Waals surface area contributed by atoms with E-state index in [1.165, 1.54) is 18.9 Å². The standard InChI is InChI=1S/C27H31NO7/c1-4-5-6-15-34-26(31)20-7-11-22(12-8-20)28-17-21(16-24(28)29)27(32)35-18(2)25(30)19-9-13-23(33-3)14-10-19/h7-14,18,21H,4-6,15-17H2,1-3H3/t18-,21-/m1/s1. The van der Waals surface area contributed by atoms with E-state index < -0.39 is 24.0 Å². The van der Waals surface area contributed by atoms with Gasteiger partial charge in [-0.1, -0.05) is 19.8 Å². The lowest BCUT2D eigenvalue weighted by atomic mass is 10.1. The molecule has 1 aliphatic rings. The number of Topliss-reactive ketones (excluding diaryl/α,β-unsaturated/α-hetero) is 1. The van der Waals surface area contributed by atoms with Crippen LogP contribution in [0.15, 0.2) is 48.5 Å². The number of carbonyl (C=O) groups is 4. The summed E-state index contributed by atoms with van der Waals surface area (Å²) in [6.45, 7) is 4.11. The number of anilines is 1. The third-order valence-electron chi connectivity index (χ3n) is 5.89. The number of rotatable bonds is 11. The van der Waals surface area contributed by atoms with E-state index in [1.807, 2.05) is 0 Å². The molecule has 186 valence electrons. The third kappa shape index (κ3) is 6.68. The first-order valence-corrected chi connectivity index (χ1v) is 11.8. The zero-order valence-electron chi connectivity index (χ0n) is 20.3. The number of methoxy groups -OCH3 is 1. The van der Waals surface area contributed by atoms with Crippen molar-refractivity contribution in [2.45, 2.75) is 45.6 Å². The molecular formula is C27H31NO7. The zero-order chi connectivity index (χ0) is 25.4. The van der Waals surface area contributed by atoms with Crippen LogP contribution in [-0.4, -0.2) is 50.0 Å². The largest absolute Gasteiger partial charge is 0.497 e. The second-order valence-corrected chi connectivity index (χ2v) is 8.47. The van der Waals surface area contributed by atoms with Gasteiger partial charge in [-0.3, -0.25) is 14.4 Å². The van der Waals surface area contributed by atoms with Gasteiger partial charge in [-0.15, -0.1) is 0 Å². The van der Waals surface area contributed by atoms with Crippen molar-refractivity contribution in [3.8, 4) is 5.75 Å². The number of ether oxygens (including phenoxy) is 3. The van der Waals surface area contributed by atoms with Gasteiger partial charge in [0.25, 0.3) is 0 Å². The van der Waals surface area contributed by atoms with Gasteiger partial charge < -0.3 is 19.1 Å². The average molecular weight is 482 g/mol. The monoisotopic (exact) mass is 481 g/mol. The van der Waals surface area contributed by atoms with E-state index in [0.29, 0.717) is 29.2 Å². The van der Waals surface area contributed by atoms with Crippen molar-refractivity contribution >= 4 is 29.3 Å². The summed E-state index contributed by atoms with van der Waals surface area (Å²) in [7, 11) is 1.53. The molecule has 35 heavy (non-hydrogen) atoms. The number of amides is 1. The van der Waals surface area contributed by atoms with E-state index in [1.54, 1.807) is 48.5 Å². The van der Waals surface area contributed by atoms with Crippen LogP contribution in [-0.2, 0) is 19.1 Å². The van der Waals surface area contributed by atoms with Crippen LogP contribution < -0.4 is 9.64 Å². The number of esters is 2. The maximum absolute atomic E-state index is 12.7. The van der Waals surface area contributed by atoms with E-state index in [0.717, 1.165) is 19.3 Å². The molecule has 0 unspecified atom stereocenters. The van der Waals surface area contributed by atoms with E-state index in [4.69, 9.17) is 14.2 Å². The number of hydrogen-bond donors (Lipinski definition) is 0. The fourth-order valence-corrected chi connectivity index (χ4v) is 3.81. The highest BCUT2D eigenvalue weighted by Gasteiger charge is 2.37. The second-order valence-electron chi connectivity index (χ2n) is 8.47. The summed E-state index contributed by atoms with van der Waals surface area (Å²) >= 11 is 0. The van der Waals surface area contributed by atoms with Gasteiger partial charge in [-0.05, 0) is 61.9 Å². The number of hydrogen-bond acceptors (Lipinski definition) is 7. The Hall–Kier alpha value is -3.68. The molecule has 1 aliphatic heterocycles. The summed E-state index contributed by atoms with van der Waals surface area (Å²) in [5, 5.41) is 0. The molecule has 8 heteroatoms. The average Bonchev–Trinajstić information content (AvgIpc) is 3.27. The molecule has 0 bridgehead atoms. The summed E-state index contributed by atoms with van der Waals surface area (Å²) in [5.74, 6) is -1.63. The Morgan fingerprint density at radius 3 is 2.29 bits per heavy atom. The molecule has 0 spiro atoms. The Morgan fingerprint density at radius 2 is 1.66 bits per heavy atom. The van der Waals surface area contributed by atoms with Crippen molar-refractivity contribution in [2.75, 3.05) is 25.2 Å². The smallest absolute Gasteiger partial charge is 0.338 e. The van der Waals surface area contributed by atoms with E-state index in [2.05, 4.69) is 6.92 Å². The molecular weight excluding hydrogens is 450 g/mol. The molecule has 3 rings (SSSR count). The highest BCUT2D eigenvalue weighted by atomic mass is 16.5. The fourth-order valence-electron chi connectivity index (χ4n) is 3.81. The van der Waals surface area contributed by atoms with Crippen molar-refractivity contribution in [1.82, 2.24) is 0 Å². The van der Waals surface area contributed by atoms with Gasteiger partial charge in [0.1, 0.15) is 5.75 Å². The van der Waals surface area contributed by atoms with Crippen molar-refractivity contribution in [1.29, 1.82) is 0 Å². The molecule has 0 radical (unpaired) electrons. The predicted molar refractivity (Wildman–Crippen MR) is 130 cm³/mol. The first-order chi connectivity index (χ1) is 16.8. The molecule has 8 nitrogen and oxygen atoms in total. The van der Waals surface area contributed by atoms with Gasteiger partial charge in [-0.25, -0.2) is 4.79 Å². The normalized spacial score (nSPS) is 16.0. The van der Waals surface area contributed by atoms with Crippen LogP contribution in [0.1, 0.15) is 60.2 Å². The Morgan fingerprint density at radius 1 is 1.00 bits per heavy atom. The quantitative estimate of drug-likeness (QED) is 0.269. The van der Waals surface area contributed by atoms with Crippen molar-refractivity contribution in [3.05, 3.63) is 59.7 Å². The summed E-state index contributed by atoms with van der Waals surface area (Å²) in [6, 6.07) is 13.1. The summed E-state index contributed by atoms with van der Waals surface area (Å²) in [4.78, 5) is 51.5. The molecule has 0 aliphatic carbocycles. The van der Waals surface area contributed by atoms with Gasteiger partial charge in [-0.2, -0.15) is 0 Å².